The first-order chi connectivity index (χ1) is 15.4. The summed E-state index contributed by atoms with van der Waals surface area (Å²) in [5.74, 6) is 0.854. The number of carbonyl (C=O) groups excluding carboxylic acids is 1. The van der Waals surface area contributed by atoms with Crippen molar-refractivity contribution in [2.24, 2.45) is 0 Å². The van der Waals surface area contributed by atoms with Crippen LogP contribution in [-0.2, 0) is 15.6 Å². The van der Waals surface area contributed by atoms with Gasteiger partial charge in [-0.1, -0.05) is 12.1 Å². The van der Waals surface area contributed by atoms with Crippen LogP contribution in [0.2, 0.25) is 0 Å². The average Bonchev–Trinajstić information content (AvgIpc) is 3.50. The lowest BCUT2D eigenvalue weighted by atomic mass is 10.2. The molecular formula is C20H23N5O4S3. The highest BCUT2D eigenvalue weighted by Gasteiger charge is 2.22. The molecule has 3 aromatic heterocycles. The molecular weight excluding hydrogens is 470 g/mol. The van der Waals surface area contributed by atoms with E-state index >= 15 is 0 Å². The minimum absolute atomic E-state index is 0.210. The number of likely N-dealkylation sites (tertiary alicyclic amines) is 1. The van der Waals surface area contributed by atoms with Gasteiger partial charge in [-0.2, -0.15) is 4.98 Å². The van der Waals surface area contributed by atoms with Gasteiger partial charge in [-0.25, -0.2) is 18.2 Å². The zero-order chi connectivity index (χ0) is 22.6. The summed E-state index contributed by atoms with van der Waals surface area (Å²) in [4.78, 5) is 23.1. The molecule has 170 valence electrons. The number of amides is 2. The van der Waals surface area contributed by atoms with E-state index in [4.69, 9.17) is 4.74 Å². The summed E-state index contributed by atoms with van der Waals surface area (Å²) in [5.41, 5.74) is 0. The summed E-state index contributed by atoms with van der Waals surface area (Å²) in [5, 5.41) is 8.97. The number of ether oxygens (including phenoxy) is 1. The molecule has 4 rings (SSSR count). The lowest BCUT2D eigenvalue weighted by molar-refractivity contribution is 0.193. The minimum atomic E-state index is -3.44. The molecule has 0 spiro atoms. The van der Waals surface area contributed by atoms with Gasteiger partial charge in [0, 0.05) is 17.5 Å². The van der Waals surface area contributed by atoms with Crippen molar-refractivity contribution in [1.82, 2.24) is 14.9 Å². The number of hydrogen-bond acceptors (Lipinski definition) is 9. The van der Waals surface area contributed by atoms with Crippen LogP contribution >= 0.6 is 22.7 Å². The molecule has 1 aliphatic heterocycles. The maximum atomic E-state index is 12.4. The number of likely N-dealkylation sites (N-methyl/N-ethyl adjacent to an activating group) is 1. The van der Waals surface area contributed by atoms with Gasteiger partial charge in [0.1, 0.15) is 33.2 Å². The molecule has 0 saturated carbocycles. The van der Waals surface area contributed by atoms with Crippen LogP contribution < -0.4 is 15.4 Å². The molecule has 1 aliphatic rings. The van der Waals surface area contributed by atoms with E-state index in [0.29, 0.717) is 33.6 Å². The number of pyridine rings is 1. The van der Waals surface area contributed by atoms with Gasteiger partial charge in [-0.3, -0.25) is 10.6 Å². The number of hydrogen-bond donors (Lipinski definition) is 2. The van der Waals surface area contributed by atoms with Crippen LogP contribution in [0.4, 0.5) is 16.4 Å². The Kier molecular flexibility index (Phi) is 7.04. The number of nitrogens with one attached hydrogen (secondary N) is 2. The first-order valence-corrected chi connectivity index (χ1v) is 13.4. The van der Waals surface area contributed by atoms with Crippen molar-refractivity contribution in [3.05, 3.63) is 46.1 Å². The minimum Gasteiger partial charge on any atom is -0.476 e. The Labute approximate surface area is 194 Å². The Morgan fingerprint density at radius 2 is 2.03 bits per heavy atom. The molecule has 1 saturated heterocycles. The molecule has 9 nitrogen and oxygen atoms in total. The predicted octanol–water partition coefficient (Wildman–Crippen LogP) is 3.69. The Hall–Kier alpha value is -2.54. The third kappa shape index (κ3) is 5.82. The lowest BCUT2D eigenvalue weighted by Gasteiger charge is -2.19. The van der Waals surface area contributed by atoms with Gasteiger partial charge in [0.2, 0.25) is 5.88 Å². The molecule has 2 N–H and O–H groups in total. The predicted molar refractivity (Wildman–Crippen MR) is 125 cm³/mol. The fourth-order valence-corrected chi connectivity index (χ4v) is 6.75. The summed E-state index contributed by atoms with van der Waals surface area (Å²) >= 11 is 2.34. The molecule has 3 aromatic rings. The highest BCUT2D eigenvalue weighted by molar-refractivity contribution is 7.92. The molecule has 0 aromatic carbocycles. The number of thiazole rings is 1. The maximum Gasteiger partial charge on any atom is 0.326 e. The second-order valence-electron chi connectivity index (χ2n) is 7.35. The first-order valence-electron chi connectivity index (χ1n) is 9.98. The number of aromatic nitrogens is 2. The van der Waals surface area contributed by atoms with Crippen molar-refractivity contribution in [1.29, 1.82) is 0 Å². The van der Waals surface area contributed by atoms with Gasteiger partial charge in [0.05, 0.1) is 0 Å². The zero-order valence-electron chi connectivity index (χ0n) is 17.4. The smallest absolute Gasteiger partial charge is 0.326 e. The van der Waals surface area contributed by atoms with E-state index in [-0.39, 0.29) is 11.6 Å². The molecule has 0 radical (unpaired) electrons. The van der Waals surface area contributed by atoms with Crippen molar-refractivity contribution >= 4 is 50.2 Å². The van der Waals surface area contributed by atoms with E-state index < -0.39 is 15.9 Å². The molecule has 12 heteroatoms. The highest BCUT2D eigenvalue weighted by Crippen LogP contribution is 2.24. The van der Waals surface area contributed by atoms with E-state index in [1.165, 1.54) is 22.7 Å². The Morgan fingerprint density at radius 3 is 2.78 bits per heavy atom. The van der Waals surface area contributed by atoms with Crippen LogP contribution in [0.3, 0.4) is 0 Å². The van der Waals surface area contributed by atoms with Crippen molar-refractivity contribution in [3.63, 3.8) is 0 Å². The number of thiophene rings is 1. The summed E-state index contributed by atoms with van der Waals surface area (Å²) in [6.07, 6.45) is 2.26. The molecule has 4 heterocycles. The van der Waals surface area contributed by atoms with E-state index in [1.54, 1.807) is 41.1 Å². The van der Waals surface area contributed by atoms with E-state index in [0.717, 1.165) is 19.4 Å². The molecule has 0 unspecified atom stereocenters. The number of carbonyl (C=O) groups is 1. The number of nitrogens with zero attached hydrogens (tertiary/aromatic N) is 3. The van der Waals surface area contributed by atoms with E-state index in [9.17, 15) is 13.2 Å². The van der Waals surface area contributed by atoms with Gasteiger partial charge >= 0.3 is 6.03 Å². The Morgan fingerprint density at radius 1 is 1.19 bits per heavy atom. The third-order valence-electron chi connectivity index (χ3n) is 4.97. The SMILES string of the molecule is CN1CCC[C@H]1COc1cccc(NC(=O)Nc2csc(CS(=O)(=O)c3cccs3)n2)n1. The second kappa shape index (κ2) is 9.94. The van der Waals surface area contributed by atoms with Gasteiger partial charge in [-0.15, -0.1) is 22.7 Å². The summed E-state index contributed by atoms with van der Waals surface area (Å²) in [6, 6.07) is 8.27. The van der Waals surface area contributed by atoms with Crippen LogP contribution in [0.1, 0.15) is 17.8 Å². The summed E-state index contributed by atoms with van der Waals surface area (Å²) < 4.78 is 30.8. The normalized spacial score (nSPS) is 16.7. The fraction of sp³-hybridized carbons (Fsp3) is 0.350. The van der Waals surface area contributed by atoms with Gasteiger partial charge in [0.15, 0.2) is 9.84 Å². The monoisotopic (exact) mass is 493 g/mol. The molecule has 1 atom stereocenters. The van der Waals surface area contributed by atoms with Crippen LogP contribution in [0, 0.1) is 0 Å². The van der Waals surface area contributed by atoms with Crippen molar-refractivity contribution in [2.75, 3.05) is 30.8 Å². The third-order valence-corrected chi connectivity index (χ3v) is 9.11. The highest BCUT2D eigenvalue weighted by atomic mass is 32.2. The summed E-state index contributed by atoms with van der Waals surface area (Å²) in [6.45, 7) is 1.62. The maximum absolute atomic E-state index is 12.4. The molecule has 2 amide bonds. The van der Waals surface area contributed by atoms with Crippen LogP contribution in [0.15, 0.2) is 45.3 Å². The molecule has 32 heavy (non-hydrogen) atoms. The van der Waals surface area contributed by atoms with Gasteiger partial charge in [0.25, 0.3) is 0 Å². The number of rotatable bonds is 8. The number of urea groups is 1. The van der Waals surface area contributed by atoms with Gasteiger partial charge < -0.3 is 9.64 Å². The van der Waals surface area contributed by atoms with Crippen molar-refractivity contribution < 1.29 is 17.9 Å². The van der Waals surface area contributed by atoms with E-state index in [2.05, 4.69) is 32.5 Å². The van der Waals surface area contributed by atoms with Crippen LogP contribution in [0.5, 0.6) is 5.88 Å². The Bertz CT molecular complexity index is 1160. The van der Waals surface area contributed by atoms with Gasteiger partial charge in [-0.05, 0) is 43.9 Å². The van der Waals surface area contributed by atoms with Crippen molar-refractivity contribution in [3.8, 4) is 5.88 Å². The zero-order valence-corrected chi connectivity index (χ0v) is 19.8. The van der Waals surface area contributed by atoms with Crippen LogP contribution in [-0.4, -0.2) is 55.6 Å². The second-order valence-corrected chi connectivity index (χ2v) is 11.5. The quantitative estimate of drug-likeness (QED) is 0.492. The van der Waals surface area contributed by atoms with E-state index in [1.807, 2.05) is 0 Å². The number of anilines is 2. The molecule has 0 bridgehead atoms. The topological polar surface area (TPSA) is 114 Å². The summed E-state index contributed by atoms with van der Waals surface area (Å²) in [7, 11) is -1.36. The molecule has 0 aliphatic carbocycles. The number of sulfone groups is 1. The lowest BCUT2D eigenvalue weighted by Crippen LogP contribution is -2.30. The average molecular weight is 494 g/mol. The van der Waals surface area contributed by atoms with Crippen LogP contribution in [0.25, 0.3) is 0 Å². The molecule has 1 fully saturated rings. The standard InChI is InChI=1S/C20H23N5O4S3/c1-25-9-3-5-14(25)11-29-17-7-2-6-15(21-17)23-20(26)24-16-12-31-18(22-16)13-32(27,28)19-8-4-10-30-19/h2,4,6-8,10,12,14H,3,5,9,11,13H2,1H3,(H2,21,23,24,26)/t14-/m0/s1. The first kappa shape index (κ1) is 22.6. The Balaban J connectivity index is 1.30. The van der Waals surface area contributed by atoms with Crippen molar-refractivity contribution in [2.45, 2.75) is 28.8 Å². The largest absolute Gasteiger partial charge is 0.476 e. The fourth-order valence-electron chi connectivity index (χ4n) is 3.31.